The summed E-state index contributed by atoms with van der Waals surface area (Å²) in [4.78, 5) is 9.77. The zero-order chi connectivity index (χ0) is 4.99. The van der Waals surface area contributed by atoms with Crippen molar-refractivity contribution in [3.8, 4) is 0 Å². The van der Waals surface area contributed by atoms with Gasteiger partial charge in [0, 0.05) is 10.2 Å². The Bertz CT molecular complexity index is 44.8. The predicted octanol–water partition coefficient (Wildman–Crippen LogP) is -0.251. The molecule has 0 aromatic carbocycles. The van der Waals surface area contributed by atoms with E-state index >= 15 is 0 Å². The van der Waals surface area contributed by atoms with Gasteiger partial charge in [-0.2, -0.15) is 0 Å². The van der Waals surface area contributed by atoms with E-state index in [4.69, 9.17) is 0 Å². The summed E-state index contributed by atoms with van der Waals surface area (Å²) in [6.45, 7) is 2.03. The van der Waals surface area contributed by atoms with E-state index in [-0.39, 0.29) is 0 Å². The van der Waals surface area contributed by atoms with E-state index in [1.54, 1.807) is 0 Å². The number of aldehydes is 1. The van der Waals surface area contributed by atoms with Gasteiger partial charge in [-0.1, -0.05) is 13.3 Å². The molecular weight excluding hydrogens is 92.1 g/mol. The summed E-state index contributed by atoms with van der Waals surface area (Å²) in [5, 5.41) is 0. The summed E-state index contributed by atoms with van der Waals surface area (Å²) < 4.78 is 0. The number of carbonyl (C=O) groups is 1. The van der Waals surface area contributed by atoms with Gasteiger partial charge in [0.05, 0.1) is 0 Å². The lowest BCUT2D eigenvalue weighted by atomic mass is 10.4. The van der Waals surface area contributed by atoms with Crippen molar-refractivity contribution in [2.24, 2.45) is 0 Å². The normalized spacial score (nSPS) is 14.2. The van der Waals surface area contributed by atoms with Crippen molar-refractivity contribution >= 4 is 16.5 Å². The molecule has 1 nitrogen and oxygen atoms in total. The predicted molar refractivity (Wildman–Crippen MR) is 30.0 cm³/mol. The highest BCUT2D eigenvalue weighted by Crippen LogP contribution is 1.95. The van der Waals surface area contributed by atoms with Crippen molar-refractivity contribution in [3.63, 3.8) is 0 Å². The zero-order valence-electron chi connectivity index (χ0n) is 4.27. The van der Waals surface area contributed by atoms with Crippen molar-refractivity contribution in [1.29, 1.82) is 0 Å². The molecular formula is C4H10OSi. The monoisotopic (exact) mass is 102 g/mol. The molecule has 0 saturated carbocycles. The third-order valence-corrected chi connectivity index (χ3v) is 1.96. The van der Waals surface area contributed by atoms with Gasteiger partial charge < -0.3 is 4.79 Å². The van der Waals surface area contributed by atoms with E-state index in [0.29, 0.717) is 5.54 Å². The van der Waals surface area contributed by atoms with E-state index in [0.717, 1.165) is 22.9 Å². The fraction of sp³-hybridized carbons (Fsp3) is 0.750. The van der Waals surface area contributed by atoms with Crippen LogP contribution in [-0.2, 0) is 4.79 Å². The third kappa shape index (κ3) is 2.14. The summed E-state index contributed by atoms with van der Waals surface area (Å²) in [7, 11) is 1.02. The quantitative estimate of drug-likeness (QED) is 0.347. The Morgan fingerprint density at radius 1 is 2.00 bits per heavy atom. The molecule has 2 heteroatoms. The number of hydrogen-bond acceptors (Lipinski definition) is 1. The van der Waals surface area contributed by atoms with E-state index in [2.05, 4.69) is 0 Å². The molecule has 0 aromatic rings. The fourth-order valence-corrected chi connectivity index (χ4v) is 0.0962. The number of hydrogen-bond donors (Lipinski definition) is 0. The molecule has 0 spiro atoms. The lowest BCUT2D eigenvalue weighted by Gasteiger charge is -1.89. The second-order valence-corrected chi connectivity index (χ2v) is 3.00. The highest BCUT2D eigenvalue weighted by Gasteiger charge is 1.89. The lowest BCUT2D eigenvalue weighted by Crippen LogP contribution is -1.87. The van der Waals surface area contributed by atoms with Crippen molar-refractivity contribution in [2.75, 3.05) is 0 Å². The van der Waals surface area contributed by atoms with Crippen LogP contribution in [0.15, 0.2) is 0 Å². The molecule has 0 rings (SSSR count). The largest absolute Gasteiger partial charge is 0.303 e. The molecule has 0 heterocycles. The molecule has 0 amide bonds. The SMILES string of the molecule is CCC([SiH3])C=O. The van der Waals surface area contributed by atoms with Crippen LogP contribution in [-0.4, -0.2) is 16.5 Å². The summed E-state index contributed by atoms with van der Waals surface area (Å²) in [5.41, 5.74) is 0.394. The number of rotatable bonds is 2. The second-order valence-electron chi connectivity index (χ2n) is 1.52. The molecule has 0 saturated heterocycles. The summed E-state index contributed by atoms with van der Waals surface area (Å²) in [6.07, 6.45) is 2.06. The molecule has 6 heavy (non-hydrogen) atoms. The minimum atomic E-state index is 0.394. The lowest BCUT2D eigenvalue weighted by molar-refractivity contribution is -0.107. The van der Waals surface area contributed by atoms with E-state index < -0.39 is 0 Å². The molecule has 0 radical (unpaired) electrons. The van der Waals surface area contributed by atoms with Gasteiger partial charge in [-0.15, -0.1) is 0 Å². The summed E-state index contributed by atoms with van der Waals surface area (Å²) >= 11 is 0. The van der Waals surface area contributed by atoms with E-state index in [1.807, 2.05) is 6.92 Å². The summed E-state index contributed by atoms with van der Waals surface area (Å²) in [5.74, 6) is 0. The minimum Gasteiger partial charge on any atom is -0.303 e. The first-order valence-corrected chi connectivity index (χ1v) is 3.42. The van der Waals surface area contributed by atoms with Crippen LogP contribution in [0.5, 0.6) is 0 Å². The molecule has 1 atom stereocenters. The maximum Gasteiger partial charge on any atom is 0.119 e. The molecule has 0 aliphatic heterocycles. The Balaban J connectivity index is 2.96. The van der Waals surface area contributed by atoms with Gasteiger partial charge in [0.25, 0.3) is 0 Å². The Hall–Kier alpha value is -0.113. The molecule has 36 valence electrons. The van der Waals surface area contributed by atoms with Gasteiger partial charge in [0.15, 0.2) is 0 Å². The van der Waals surface area contributed by atoms with Gasteiger partial charge >= 0.3 is 0 Å². The van der Waals surface area contributed by atoms with Gasteiger partial charge in [-0.05, 0) is 5.54 Å². The first-order chi connectivity index (χ1) is 2.81. The van der Waals surface area contributed by atoms with Crippen LogP contribution in [0.4, 0.5) is 0 Å². The van der Waals surface area contributed by atoms with Gasteiger partial charge in [0.1, 0.15) is 6.29 Å². The second kappa shape index (κ2) is 3.09. The molecule has 0 N–H and O–H groups in total. The average molecular weight is 102 g/mol. The van der Waals surface area contributed by atoms with Crippen molar-refractivity contribution < 1.29 is 4.79 Å². The summed E-state index contributed by atoms with van der Waals surface area (Å²) in [6, 6.07) is 0. The molecule has 0 bridgehead atoms. The molecule has 0 aliphatic rings. The Morgan fingerprint density at radius 3 is 2.50 bits per heavy atom. The smallest absolute Gasteiger partial charge is 0.119 e. The van der Waals surface area contributed by atoms with Gasteiger partial charge in [-0.25, -0.2) is 0 Å². The first-order valence-electron chi connectivity index (χ1n) is 2.26. The maximum atomic E-state index is 9.77. The van der Waals surface area contributed by atoms with Gasteiger partial charge in [0.2, 0.25) is 0 Å². The first kappa shape index (κ1) is 5.89. The maximum absolute atomic E-state index is 9.77. The number of carbonyl (C=O) groups excluding carboxylic acids is 1. The fourth-order valence-electron chi connectivity index (χ4n) is 0.0962. The van der Waals surface area contributed by atoms with Crippen LogP contribution in [0.25, 0.3) is 0 Å². The van der Waals surface area contributed by atoms with E-state index in [9.17, 15) is 4.79 Å². The molecule has 0 aromatic heterocycles. The van der Waals surface area contributed by atoms with Crippen molar-refractivity contribution in [1.82, 2.24) is 0 Å². The van der Waals surface area contributed by atoms with Crippen LogP contribution in [0.3, 0.4) is 0 Å². The highest BCUT2D eigenvalue weighted by atomic mass is 28.1. The van der Waals surface area contributed by atoms with Crippen LogP contribution >= 0.6 is 0 Å². The zero-order valence-corrected chi connectivity index (χ0v) is 6.27. The van der Waals surface area contributed by atoms with E-state index in [1.165, 1.54) is 0 Å². The molecule has 1 unspecified atom stereocenters. The van der Waals surface area contributed by atoms with Crippen molar-refractivity contribution in [2.45, 2.75) is 18.9 Å². The molecule has 0 fully saturated rings. The van der Waals surface area contributed by atoms with Gasteiger partial charge in [-0.3, -0.25) is 0 Å². The standard InChI is InChI=1S/C4H10OSi/c1-2-4(6)3-5/h3-4H,2H2,1,6H3. The molecule has 0 aliphatic carbocycles. The highest BCUT2D eigenvalue weighted by molar-refractivity contribution is 6.19. The topological polar surface area (TPSA) is 17.1 Å². The Morgan fingerprint density at radius 2 is 2.50 bits per heavy atom. The van der Waals surface area contributed by atoms with Crippen molar-refractivity contribution in [3.05, 3.63) is 0 Å². The third-order valence-electron chi connectivity index (χ3n) is 0.876. The van der Waals surface area contributed by atoms with Crippen LogP contribution < -0.4 is 0 Å². The Kier molecular flexibility index (Phi) is 3.03. The van der Waals surface area contributed by atoms with Crippen LogP contribution in [0.2, 0.25) is 5.54 Å². The minimum absolute atomic E-state index is 0.394. The Labute approximate surface area is 41.2 Å². The van der Waals surface area contributed by atoms with Crippen LogP contribution in [0, 0.1) is 0 Å². The average Bonchev–Trinajstić information content (AvgIpc) is 1.65. The van der Waals surface area contributed by atoms with Crippen LogP contribution in [0.1, 0.15) is 13.3 Å².